The Labute approximate surface area is 86.9 Å². The van der Waals surface area contributed by atoms with Crippen LogP contribution in [0.5, 0.6) is 0 Å². The van der Waals surface area contributed by atoms with Gasteiger partial charge in [0.1, 0.15) is 0 Å². The van der Waals surface area contributed by atoms with Crippen molar-refractivity contribution in [2.45, 2.75) is 67.7 Å². The van der Waals surface area contributed by atoms with Gasteiger partial charge < -0.3 is 4.74 Å². The summed E-state index contributed by atoms with van der Waals surface area (Å²) in [5, 5.41) is 0. The molecule has 0 aliphatic rings. The second kappa shape index (κ2) is 58.4. The van der Waals surface area contributed by atoms with Gasteiger partial charge in [0.15, 0.2) is 0 Å². The van der Waals surface area contributed by atoms with Crippen molar-refractivity contribution in [3.8, 4) is 0 Å². The van der Waals surface area contributed by atoms with E-state index in [4.69, 9.17) is 4.74 Å². The Bertz CT molecular complexity index is 24.3. The molecule has 1 nitrogen and oxygen atoms in total. The topological polar surface area (TPSA) is 9.23 Å². The molecular weight excluding hydrogens is 160 g/mol. The van der Waals surface area contributed by atoms with Crippen LogP contribution in [0.15, 0.2) is 0 Å². The molecule has 0 atom stereocenters. The van der Waals surface area contributed by atoms with Crippen LogP contribution in [-0.2, 0) is 4.74 Å². The molecule has 0 fully saturated rings. The minimum absolute atomic E-state index is 0.913. The van der Waals surface area contributed by atoms with Crippen molar-refractivity contribution >= 4 is 0 Å². The van der Waals surface area contributed by atoms with Crippen molar-refractivity contribution in [2.24, 2.45) is 0 Å². The maximum atomic E-state index is 4.78. The van der Waals surface area contributed by atoms with Crippen LogP contribution < -0.4 is 0 Å². The maximum Gasteiger partial charge on any atom is 0.0462 e. The molecule has 0 aromatic heterocycles. The average molecular weight is 192 g/mol. The molecule has 0 saturated carbocycles. The summed E-state index contributed by atoms with van der Waals surface area (Å²) in [6, 6.07) is 0. The lowest BCUT2D eigenvalue weighted by Crippen LogP contribution is -1.84. The first-order valence-electron chi connectivity index (χ1n) is 5.82. The van der Waals surface area contributed by atoms with E-state index in [-0.39, 0.29) is 0 Å². The fourth-order valence-corrected chi connectivity index (χ4v) is 0.289. The normalized spacial score (nSPS) is 6.46. The Hall–Kier alpha value is -0.0400. The van der Waals surface area contributed by atoms with Crippen molar-refractivity contribution in [1.82, 2.24) is 0 Å². The lowest BCUT2D eigenvalue weighted by atomic mass is 10.4. The Kier molecular flexibility index (Phi) is 104. The summed E-state index contributed by atoms with van der Waals surface area (Å²) in [7, 11) is 1.73. The van der Waals surface area contributed by atoms with Gasteiger partial charge in [-0.2, -0.15) is 0 Å². The highest BCUT2D eigenvalue weighted by Crippen LogP contribution is 1.83. The molecule has 0 aliphatic heterocycles. The van der Waals surface area contributed by atoms with Gasteiger partial charge in [0.25, 0.3) is 0 Å². The predicted molar refractivity (Wildman–Crippen MR) is 65.4 cm³/mol. The van der Waals surface area contributed by atoms with Crippen LogP contribution in [0.2, 0.25) is 0 Å². The molecule has 0 aromatic rings. The first kappa shape index (κ1) is 23.1. The van der Waals surface area contributed by atoms with Crippen LogP contribution in [0.4, 0.5) is 0 Å². The minimum Gasteiger partial charge on any atom is -0.385 e. The minimum atomic E-state index is 0.913. The van der Waals surface area contributed by atoms with Crippen LogP contribution in [0, 0.1) is 0 Å². The zero-order chi connectivity index (χ0) is 11.5. The van der Waals surface area contributed by atoms with Crippen molar-refractivity contribution in [3.63, 3.8) is 0 Å². The van der Waals surface area contributed by atoms with Crippen molar-refractivity contribution in [1.29, 1.82) is 0 Å². The number of rotatable bonds is 3. The summed E-state index contributed by atoms with van der Waals surface area (Å²) in [4.78, 5) is 0. The van der Waals surface area contributed by atoms with Gasteiger partial charge in [-0.1, -0.05) is 61.3 Å². The zero-order valence-corrected chi connectivity index (χ0v) is 11.2. The van der Waals surface area contributed by atoms with E-state index >= 15 is 0 Å². The molecule has 0 N–H and O–H groups in total. The third kappa shape index (κ3) is 135. The van der Waals surface area contributed by atoms with E-state index < -0.39 is 0 Å². The summed E-state index contributed by atoms with van der Waals surface area (Å²) in [5.74, 6) is 0. The largest absolute Gasteiger partial charge is 0.385 e. The maximum absolute atomic E-state index is 4.78. The van der Waals surface area contributed by atoms with Crippen LogP contribution >= 0.6 is 0 Å². The fourth-order valence-electron chi connectivity index (χ4n) is 0.289. The Morgan fingerprint density at radius 3 is 1.23 bits per heavy atom. The highest BCUT2D eigenvalue weighted by Gasteiger charge is 1.74. The molecule has 0 rings (SSSR count). The van der Waals surface area contributed by atoms with Gasteiger partial charge in [-0.25, -0.2) is 0 Å². The Morgan fingerprint density at radius 1 is 0.846 bits per heavy atom. The summed E-state index contributed by atoms with van der Waals surface area (Å²) >= 11 is 0. The number of methoxy groups -OCH3 is 1. The number of hydrogen-bond acceptors (Lipinski definition) is 1. The molecular formula is C12H32O. The quantitative estimate of drug-likeness (QED) is 0.578. The molecule has 0 saturated heterocycles. The number of unbranched alkanes of at least 4 members (excludes halogenated alkanes) is 1. The van der Waals surface area contributed by atoms with Crippen LogP contribution in [0.3, 0.4) is 0 Å². The Balaban J connectivity index is -0.0000000493. The van der Waals surface area contributed by atoms with E-state index in [1.165, 1.54) is 19.3 Å². The molecule has 13 heavy (non-hydrogen) atoms. The first-order chi connectivity index (χ1) is 6.33. The monoisotopic (exact) mass is 192 g/mol. The molecule has 0 heterocycles. The lowest BCUT2D eigenvalue weighted by molar-refractivity contribution is 0.194. The highest BCUT2D eigenvalue weighted by atomic mass is 16.5. The third-order valence-corrected chi connectivity index (χ3v) is 0.702. The van der Waals surface area contributed by atoms with Crippen LogP contribution in [0.25, 0.3) is 0 Å². The fraction of sp³-hybridized carbons (Fsp3) is 1.00. The van der Waals surface area contributed by atoms with E-state index in [1.807, 2.05) is 27.7 Å². The van der Waals surface area contributed by atoms with Gasteiger partial charge in [-0.05, 0) is 6.42 Å². The SMILES string of the molecule is CC.CC.CCC.CCCCOC. The van der Waals surface area contributed by atoms with Crippen molar-refractivity contribution in [2.75, 3.05) is 13.7 Å². The molecule has 0 unspecified atom stereocenters. The number of hydrogen-bond donors (Lipinski definition) is 0. The van der Waals surface area contributed by atoms with E-state index in [9.17, 15) is 0 Å². The molecule has 0 aliphatic carbocycles. The molecule has 0 spiro atoms. The smallest absolute Gasteiger partial charge is 0.0462 e. The van der Waals surface area contributed by atoms with Gasteiger partial charge in [0.2, 0.25) is 0 Å². The summed E-state index contributed by atoms with van der Waals surface area (Å²) < 4.78 is 4.78. The standard InChI is InChI=1S/C5H12O.C3H8.2C2H6/c1-3-4-5-6-2;1-3-2;2*1-2/h3-5H2,1-2H3;3H2,1-2H3;2*1-2H3. The van der Waals surface area contributed by atoms with Gasteiger partial charge in [0, 0.05) is 13.7 Å². The predicted octanol–water partition coefficient (Wildman–Crippen LogP) is 4.90. The first-order valence-corrected chi connectivity index (χ1v) is 5.82. The van der Waals surface area contributed by atoms with Crippen molar-refractivity contribution in [3.05, 3.63) is 0 Å². The number of ether oxygens (including phenoxy) is 1. The highest BCUT2D eigenvalue weighted by molar-refractivity contribution is 4.26. The second-order valence-electron chi connectivity index (χ2n) is 2.05. The second-order valence-corrected chi connectivity index (χ2v) is 2.05. The van der Waals surface area contributed by atoms with E-state index in [1.54, 1.807) is 7.11 Å². The lowest BCUT2D eigenvalue weighted by Gasteiger charge is -1.89. The van der Waals surface area contributed by atoms with Crippen molar-refractivity contribution < 1.29 is 4.74 Å². The third-order valence-electron chi connectivity index (χ3n) is 0.702. The molecule has 86 valence electrons. The molecule has 0 aromatic carbocycles. The summed E-state index contributed by atoms with van der Waals surface area (Å²) in [5.41, 5.74) is 0. The van der Waals surface area contributed by atoms with Gasteiger partial charge >= 0.3 is 0 Å². The average Bonchev–Trinajstić information content (AvgIpc) is 2.22. The molecule has 0 amide bonds. The van der Waals surface area contributed by atoms with Crippen LogP contribution in [-0.4, -0.2) is 13.7 Å². The van der Waals surface area contributed by atoms with Gasteiger partial charge in [-0.15, -0.1) is 0 Å². The van der Waals surface area contributed by atoms with Gasteiger partial charge in [-0.3, -0.25) is 0 Å². The van der Waals surface area contributed by atoms with E-state index in [2.05, 4.69) is 20.8 Å². The summed E-state index contributed by atoms with van der Waals surface area (Å²) in [6.45, 7) is 15.3. The Morgan fingerprint density at radius 2 is 1.15 bits per heavy atom. The zero-order valence-electron chi connectivity index (χ0n) is 11.2. The molecule has 1 heteroatoms. The molecule has 0 radical (unpaired) electrons. The van der Waals surface area contributed by atoms with Crippen LogP contribution in [0.1, 0.15) is 67.7 Å². The molecule has 0 bridgehead atoms. The van der Waals surface area contributed by atoms with E-state index in [0.29, 0.717) is 0 Å². The summed E-state index contributed by atoms with van der Waals surface area (Å²) in [6.07, 6.45) is 3.67. The van der Waals surface area contributed by atoms with E-state index in [0.717, 1.165) is 6.61 Å². The van der Waals surface area contributed by atoms with Gasteiger partial charge in [0.05, 0.1) is 0 Å².